The summed E-state index contributed by atoms with van der Waals surface area (Å²) in [6.45, 7) is -0.173. The van der Waals surface area contributed by atoms with E-state index in [9.17, 15) is 9.59 Å². The molecule has 0 N–H and O–H groups in total. The van der Waals surface area contributed by atoms with Crippen LogP contribution in [-0.2, 0) is 14.3 Å². The maximum atomic E-state index is 11.7. The van der Waals surface area contributed by atoms with Gasteiger partial charge in [0, 0.05) is 4.47 Å². The number of carbonyl (C=O) groups is 2. The predicted molar refractivity (Wildman–Crippen MR) is 64.0 cm³/mol. The van der Waals surface area contributed by atoms with Crippen molar-refractivity contribution in [2.45, 2.75) is 0 Å². The largest absolute Gasteiger partial charge is 0.482 e. The highest BCUT2D eigenvalue weighted by Gasteiger charge is 2.27. The lowest BCUT2D eigenvalue weighted by atomic mass is 10.2. The first kappa shape index (κ1) is 11.9. The van der Waals surface area contributed by atoms with E-state index in [-0.39, 0.29) is 19.1 Å². The zero-order valence-electron chi connectivity index (χ0n) is 9.10. The Morgan fingerprint density at radius 1 is 1.59 bits per heavy atom. The molecule has 0 saturated heterocycles. The van der Waals surface area contributed by atoms with Gasteiger partial charge in [0.25, 0.3) is 5.91 Å². The van der Waals surface area contributed by atoms with Crippen molar-refractivity contribution < 1.29 is 19.1 Å². The number of hydrogen-bond acceptors (Lipinski definition) is 4. The molecule has 1 aliphatic heterocycles. The minimum absolute atomic E-state index is 0.0639. The second kappa shape index (κ2) is 4.75. The number of anilines is 1. The van der Waals surface area contributed by atoms with Gasteiger partial charge in [0.15, 0.2) is 6.61 Å². The monoisotopic (exact) mass is 299 g/mol. The van der Waals surface area contributed by atoms with E-state index in [2.05, 4.69) is 20.7 Å². The van der Waals surface area contributed by atoms with Gasteiger partial charge in [-0.25, -0.2) is 0 Å². The molecule has 0 radical (unpaired) electrons. The molecule has 0 bridgehead atoms. The average Bonchev–Trinajstić information content (AvgIpc) is 2.32. The summed E-state index contributed by atoms with van der Waals surface area (Å²) in [5.74, 6) is -0.149. The Hall–Kier alpha value is -1.56. The van der Waals surface area contributed by atoms with Crippen LogP contribution in [0.3, 0.4) is 0 Å². The number of fused-ring (bicyclic) bond motifs is 1. The first-order valence-electron chi connectivity index (χ1n) is 4.91. The normalized spacial score (nSPS) is 14.0. The van der Waals surface area contributed by atoms with Gasteiger partial charge < -0.3 is 9.47 Å². The molecular formula is C11H10BrNO4. The Morgan fingerprint density at radius 2 is 2.35 bits per heavy atom. The second-order valence-electron chi connectivity index (χ2n) is 3.46. The molecule has 0 unspecified atom stereocenters. The highest BCUT2D eigenvalue weighted by Crippen LogP contribution is 2.34. The molecule has 90 valence electrons. The van der Waals surface area contributed by atoms with E-state index in [1.54, 1.807) is 12.1 Å². The number of hydrogen-bond donors (Lipinski definition) is 0. The molecule has 0 aliphatic carbocycles. The molecule has 0 aromatic heterocycles. The summed E-state index contributed by atoms with van der Waals surface area (Å²) in [7, 11) is 1.29. The highest BCUT2D eigenvalue weighted by molar-refractivity contribution is 9.10. The third kappa shape index (κ3) is 2.41. The predicted octanol–water partition coefficient (Wildman–Crippen LogP) is 1.35. The van der Waals surface area contributed by atoms with Crippen LogP contribution >= 0.6 is 15.9 Å². The summed E-state index contributed by atoms with van der Waals surface area (Å²) in [5.41, 5.74) is 0.570. The maximum absolute atomic E-state index is 11.7. The van der Waals surface area contributed by atoms with Crippen molar-refractivity contribution in [2.24, 2.45) is 0 Å². The summed E-state index contributed by atoms with van der Waals surface area (Å²) in [6, 6.07) is 5.29. The molecule has 1 aromatic rings. The van der Waals surface area contributed by atoms with Crippen LogP contribution in [0.25, 0.3) is 0 Å². The third-order valence-corrected chi connectivity index (χ3v) is 2.87. The number of benzene rings is 1. The first-order valence-corrected chi connectivity index (χ1v) is 5.70. The zero-order valence-corrected chi connectivity index (χ0v) is 10.7. The van der Waals surface area contributed by atoms with Crippen LogP contribution in [0, 0.1) is 0 Å². The minimum Gasteiger partial charge on any atom is -0.482 e. The van der Waals surface area contributed by atoms with Gasteiger partial charge in [-0.3, -0.25) is 14.5 Å². The average molecular weight is 300 g/mol. The first-order chi connectivity index (χ1) is 8.11. The van der Waals surface area contributed by atoms with Gasteiger partial charge in [0.2, 0.25) is 0 Å². The molecule has 6 heteroatoms. The maximum Gasteiger partial charge on any atom is 0.325 e. The zero-order chi connectivity index (χ0) is 12.4. The van der Waals surface area contributed by atoms with Crippen LogP contribution in [0.4, 0.5) is 5.69 Å². The summed E-state index contributed by atoms with van der Waals surface area (Å²) in [4.78, 5) is 24.3. The number of amides is 1. The minimum atomic E-state index is -0.467. The van der Waals surface area contributed by atoms with Crippen molar-refractivity contribution >= 4 is 33.5 Å². The van der Waals surface area contributed by atoms with Gasteiger partial charge in [-0.1, -0.05) is 15.9 Å². The van der Waals surface area contributed by atoms with Gasteiger partial charge in [-0.2, -0.15) is 0 Å². The molecule has 5 nitrogen and oxygen atoms in total. The number of carbonyl (C=O) groups excluding carboxylic acids is 2. The Balaban J connectivity index is 2.35. The fraction of sp³-hybridized carbons (Fsp3) is 0.273. The van der Waals surface area contributed by atoms with Crippen LogP contribution in [0.2, 0.25) is 0 Å². The van der Waals surface area contributed by atoms with E-state index in [1.807, 2.05) is 6.07 Å². The molecule has 0 atom stereocenters. The smallest absolute Gasteiger partial charge is 0.325 e. The molecule has 0 fully saturated rings. The Kier molecular flexibility index (Phi) is 3.33. The highest BCUT2D eigenvalue weighted by atomic mass is 79.9. The second-order valence-corrected chi connectivity index (χ2v) is 4.37. The standard InChI is InChI=1S/C11H10BrNO4/c1-16-11(15)5-13-8-4-7(12)2-3-9(8)17-6-10(13)14/h2-4H,5-6H2,1H3. The van der Waals surface area contributed by atoms with E-state index in [0.29, 0.717) is 11.4 Å². The van der Waals surface area contributed by atoms with E-state index in [0.717, 1.165) is 4.47 Å². The van der Waals surface area contributed by atoms with E-state index in [4.69, 9.17) is 4.74 Å². The lowest BCUT2D eigenvalue weighted by molar-refractivity contribution is -0.140. The van der Waals surface area contributed by atoms with E-state index >= 15 is 0 Å². The Morgan fingerprint density at radius 3 is 3.06 bits per heavy atom. The lowest BCUT2D eigenvalue weighted by Crippen LogP contribution is -2.42. The quantitative estimate of drug-likeness (QED) is 0.774. The number of nitrogens with zero attached hydrogens (tertiary/aromatic N) is 1. The van der Waals surface area contributed by atoms with Crippen molar-refractivity contribution in [1.82, 2.24) is 0 Å². The van der Waals surface area contributed by atoms with Gasteiger partial charge in [-0.05, 0) is 18.2 Å². The number of methoxy groups -OCH3 is 1. The van der Waals surface area contributed by atoms with Gasteiger partial charge in [-0.15, -0.1) is 0 Å². The van der Waals surface area contributed by atoms with Crippen molar-refractivity contribution in [3.8, 4) is 5.75 Å². The molecule has 1 aliphatic rings. The van der Waals surface area contributed by atoms with E-state index < -0.39 is 5.97 Å². The van der Waals surface area contributed by atoms with E-state index in [1.165, 1.54) is 12.0 Å². The molecule has 1 aromatic carbocycles. The molecule has 1 amide bonds. The molecule has 0 spiro atoms. The lowest BCUT2D eigenvalue weighted by Gasteiger charge is -2.28. The summed E-state index contributed by atoms with van der Waals surface area (Å²) < 4.78 is 10.6. The molecule has 2 rings (SSSR count). The van der Waals surface area contributed by atoms with Crippen molar-refractivity contribution in [1.29, 1.82) is 0 Å². The SMILES string of the molecule is COC(=O)CN1C(=O)COc2ccc(Br)cc21. The van der Waals surface area contributed by atoms with Crippen LogP contribution in [-0.4, -0.2) is 32.1 Å². The number of rotatable bonds is 2. The van der Waals surface area contributed by atoms with Gasteiger partial charge >= 0.3 is 5.97 Å². The van der Waals surface area contributed by atoms with Gasteiger partial charge in [0.1, 0.15) is 12.3 Å². The summed E-state index contributed by atoms with van der Waals surface area (Å²) in [5, 5.41) is 0. The van der Waals surface area contributed by atoms with Crippen LogP contribution in [0.5, 0.6) is 5.75 Å². The Labute approximate surface area is 106 Å². The summed E-state index contributed by atoms with van der Waals surface area (Å²) in [6.07, 6.45) is 0. The molecule has 1 heterocycles. The topological polar surface area (TPSA) is 55.8 Å². The molecular weight excluding hydrogens is 290 g/mol. The van der Waals surface area contributed by atoms with Gasteiger partial charge in [0.05, 0.1) is 12.8 Å². The molecule has 0 saturated carbocycles. The van der Waals surface area contributed by atoms with Crippen LogP contribution in [0.15, 0.2) is 22.7 Å². The number of esters is 1. The summed E-state index contributed by atoms with van der Waals surface area (Å²) >= 11 is 3.31. The van der Waals surface area contributed by atoms with Crippen LogP contribution in [0.1, 0.15) is 0 Å². The van der Waals surface area contributed by atoms with Crippen LogP contribution < -0.4 is 9.64 Å². The fourth-order valence-corrected chi connectivity index (χ4v) is 1.89. The molecule has 17 heavy (non-hydrogen) atoms. The van der Waals surface area contributed by atoms with Crippen molar-refractivity contribution in [3.63, 3.8) is 0 Å². The third-order valence-electron chi connectivity index (χ3n) is 2.38. The van der Waals surface area contributed by atoms with Crippen molar-refractivity contribution in [2.75, 3.05) is 25.2 Å². The Bertz CT molecular complexity index is 475. The number of ether oxygens (including phenoxy) is 2. The van der Waals surface area contributed by atoms with Crippen molar-refractivity contribution in [3.05, 3.63) is 22.7 Å². The fourth-order valence-electron chi connectivity index (χ4n) is 1.54. The number of halogens is 1.